The Bertz CT molecular complexity index is 705. The van der Waals surface area contributed by atoms with Crippen molar-refractivity contribution in [2.24, 2.45) is 5.92 Å². The van der Waals surface area contributed by atoms with E-state index >= 15 is 0 Å². The molecule has 0 radical (unpaired) electrons. The number of halogens is 3. The molecule has 0 spiro atoms. The Kier molecular flexibility index (Phi) is 7.02. The van der Waals surface area contributed by atoms with E-state index < -0.39 is 17.8 Å². The average molecular weight is 414 g/mol. The van der Waals surface area contributed by atoms with Gasteiger partial charge in [0.1, 0.15) is 6.04 Å². The first-order valence-electron chi connectivity index (χ1n) is 10.1. The normalized spacial score (nSPS) is 22.9. The van der Waals surface area contributed by atoms with Crippen LogP contribution < -0.4 is 21.1 Å². The van der Waals surface area contributed by atoms with Gasteiger partial charge in [0.15, 0.2) is 0 Å². The summed E-state index contributed by atoms with van der Waals surface area (Å²) in [4.78, 5) is 14.3. The van der Waals surface area contributed by atoms with Crippen LogP contribution in [0.4, 0.5) is 18.9 Å². The SMILES string of the molecule is CC(C)CC1CC(C(=O)NCc2ccc(N3CCOCC3)cc2C(F)(F)F)NN1. The average Bonchev–Trinajstić information content (AvgIpc) is 3.14. The van der Waals surface area contributed by atoms with Gasteiger partial charge in [0.05, 0.1) is 18.8 Å². The van der Waals surface area contributed by atoms with Gasteiger partial charge in [-0.3, -0.25) is 10.2 Å². The third-order valence-corrected chi connectivity index (χ3v) is 5.28. The number of hydrogen-bond donors (Lipinski definition) is 3. The standard InChI is InChI=1S/C20H29F3N4O2/c1-13(2)9-15-10-18(26-25-15)19(28)24-12-14-3-4-16(11-17(14)20(21,22)23)27-5-7-29-8-6-27/h3-4,11,13,15,18,25-26H,5-10,12H2,1-2H3,(H,24,28). The van der Waals surface area contributed by atoms with E-state index in [0.29, 0.717) is 44.3 Å². The van der Waals surface area contributed by atoms with Gasteiger partial charge in [0.25, 0.3) is 0 Å². The molecule has 2 aliphatic heterocycles. The fourth-order valence-electron chi connectivity index (χ4n) is 3.82. The lowest BCUT2D eigenvalue weighted by Crippen LogP contribution is -2.43. The van der Waals surface area contributed by atoms with Crippen LogP contribution in [0.3, 0.4) is 0 Å². The molecule has 6 nitrogen and oxygen atoms in total. The number of rotatable bonds is 6. The van der Waals surface area contributed by atoms with E-state index in [-0.39, 0.29) is 24.1 Å². The van der Waals surface area contributed by atoms with Crippen molar-refractivity contribution in [3.63, 3.8) is 0 Å². The fourth-order valence-corrected chi connectivity index (χ4v) is 3.82. The maximum absolute atomic E-state index is 13.6. The number of hydrogen-bond acceptors (Lipinski definition) is 5. The number of morpholine rings is 1. The number of nitrogens with zero attached hydrogens (tertiary/aromatic N) is 1. The molecular weight excluding hydrogens is 385 g/mol. The summed E-state index contributed by atoms with van der Waals surface area (Å²) in [6.45, 7) is 6.17. The number of amides is 1. The fraction of sp³-hybridized carbons (Fsp3) is 0.650. The maximum atomic E-state index is 13.6. The van der Waals surface area contributed by atoms with Crippen molar-refractivity contribution in [1.29, 1.82) is 0 Å². The van der Waals surface area contributed by atoms with Gasteiger partial charge in [-0.25, -0.2) is 5.43 Å². The molecule has 0 aliphatic carbocycles. The molecule has 0 aromatic heterocycles. The molecule has 2 aliphatic rings. The molecule has 29 heavy (non-hydrogen) atoms. The second kappa shape index (κ2) is 9.32. The van der Waals surface area contributed by atoms with Crippen molar-refractivity contribution in [3.05, 3.63) is 29.3 Å². The van der Waals surface area contributed by atoms with Crippen molar-refractivity contribution >= 4 is 11.6 Å². The predicted molar refractivity (Wildman–Crippen MR) is 104 cm³/mol. The monoisotopic (exact) mass is 414 g/mol. The molecule has 0 bridgehead atoms. The van der Waals surface area contributed by atoms with E-state index in [4.69, 9.17) is 4.74 Å². The van der Waals surface area contributed by atoms with Gasteiger partial charge < -0.3 is 15.0 Å². The van der Waals surface area contributed by atoms with Crippen molar-refractivity contribution in [1.82, 2.24) is 16.2 Å². The van der Waals surface area contributed by atoms with Crippen LogP contribution >= 0.6 is 0 Å². The summed E-state index contributed by atoms with van der Waals surface area (Å²) in [7, 11) is 0. The van der Waals surface area contributed by atoms with Gasteiger partial charge in [-0.05, 0) is 36.5 Å². The van der Waals surface area contributed by atoms with Crippen molar-refractivity contribution in [2.75, 3.05) is 31.2 Å². The molecule has 3 N–H and O–H groups in total. The highest BCUT2D eigenvalue weighted by molar-refractivity contribution is 5.82. The first-order chi connectivity index (χ1) is 13.7. The number of ether oxygens (including phenoxy) is 1. The molecule has 2 fully saturated rings. The number of alkyl halides is 3. The second-order valence-electron chi connectivity index (χ2n) is 8.06. The Hall–Kier alpha value is -1.84. The Morgan fingerprint density at radius 1 is 1.28 bits per heavy atom. The zero-order chi connectivity index (χ0) is 21.0. The first-order valence-corrected chi connectivity index (χ1v) is 10.1. The highest BCUT2D eigenvalue weighted by Gasteiger charge is 2.35. The zero-order valence-electron chi connectivity index (χ0n) is 16.8. The molecule has 1 amide bonds. The summed E-state index contributed by atoms with van der Waals surface area (Å²) >= 11 is 0. The molecule has 0 saturated carbocycles. The Balaban J connectivity index is 1.64. The minimum absolute atomic E-state index is 0.0625. The minimum Gasteiger partial charge on any atom is -0.378 e. The minimum atomic E-state index is -4.49. The van der Waals surface area contributed by atoms with Crippen LogP contribution in [0.1, 0.15) is 37.8 Å². The molecule has 2 unspecified atom stereocenters. The van der Waals surface area contributed by atoms with Crippen LogP contribution in [0.15, 0.2) is 18.2 Å². The largest absolute Gasteiger partial charge is 0.416 e. The topological polar surface area (TPSA) is 65.6 Å². The Labute approximate surface area is 169 Å². The van der Waals surface area contributed by atoms with Crippen molar-refractivity contribution in [2.45, 2.75) is 51.5 Å². The molecule has 2 saturated heterocycles. The summed E-state index contributed by atoms with van der Waals surface area (Å²) in [5.41, 5.74) is 5.91. The highest BCUT2D eigenvalue weighted by Crippen LogP contribution is 2.35. The predicted octanol–water partition coefficient (Wildman–Crippen LogP) is 2.44. The van der Waals surface area contributed by atoms with Gasteiger partial charge in [-0.2, -0.15) is 13.2 Å². The summed E-state index contributed by atoms with van der Waals surface area (Å²) in [5, 5.41) is 2.65. The van der Waals surface area contributed by atoms with Crippen molar-refractivity contribution < 1.29 is 22.7 Å². The van der Waals surface area contributed by atoms with Crippen LogP contribution in [0.2, 0.25) is 0 Å². The number of anilines is 1. The molecule has 3 rings (SSSR count). The van der Waals surface area contributed by atoms with Crippen molar-refractivity contribution in [3.8, 4) is 0 Å². The lowest BCUT2D eigenvalue weighted by atomic mass is 9.99. The number of nitrogens with one attached hydrogen (secondary N) is 3. The molecule has 1 aromatic rings. The van der Waals surface area contributed by atoms with Crippen LogP contribution in [0.5, 0.6) is 0 Å². The Morgan fingerprint density at radius 2 is 2.00 bits per heavy atom. The van der Waals surface area contributed by atoms with E-state index in [1.807, 2.05) is 4.90 Å². The summed E-state index contributed by atoms with van der Waals surface area (Å²) in [6.07, 6.45) is -2.94. The lowest BCUT2D eigenvalue weighted by Gasteiger charge is -2.29. The van der Waals surface area contributed by atoms with E-state index in [0.717, 1.165) is 6.42 Å². The molecule has 9 heteroatoms. The van der Waals surface area contributed by atoms with Crippen LogP contribution in [-0.4, -0.2) is 44.3 Å². The number of benzene rings is 1. The zero-order valence-corrected chi connectivity index (χ0v) is 16.8. The lowest BCUT2D eigenvalue weighted by molar-refractivity contribution is -0.138. The van der Waals surface area contributed by atoms with E-state index in [2.05, 4.69) is 30.0 Å². The van der Waals surface area contributed by atoms with Gasteiger partial charge >= 0.3 is 6.18 Å². The van der Waals surface area contributed by atoms with Gasteiger partial charge in [0, 0.05) is 31.4 Å². The molecule has 2 atom stereocenters. The van der Waals surface area contributed by atoms with E-state index in [9.17, 15) is 18.0 Å². The maximum Gasteiger partial charge on any atom is 0.416 e. The summed E-state index contributed by atoms with van der Waals surface area (Å²) in [5.74, 6) is 0.199. The van der Waals surface area contributed by atoms with E-state index in [1.165, 1.54) is 12.1 Å². The van der Waals surface area contributed by atoms with Gasteiger partial charge in [0.2, 0.25) is 5.91 Å². The van der Waals surface area contributed by atoms with Crippen LogP contribution in [0, 0.1) is 5.92 Å². The number of carbonyl (C=O) groups is 1. The molecular formula is C20H29F3N4O2. The molecule has 162 valence electrons. The second-order valence-corrected chi connectivity index (χ2v) is 8.06. The van der Waals surface area contributed by atoms with Gasteiger partial charge in [-0.1, -0.05) is 19.9 Å². The summed E-state index contributed by atoms with van der Waals surface area (Å²) < 4.78 is 46.1. The molecule has 2 heterocycles. The third kappa shape index (κ3) is 5.83. The van der Waals surface area contributed by atoms with Crippen LogP contribution in [0.25, 0.3) is 0 Å². The van der Waals surface area contributed by atoms with E-state index in [1.54, 1.807) is 6.07 Å². The Morgan fingerprint density at radius 3 is 2.66 bits per heavy atom. The number of hydrazine groups is 1. The van der Waals surface area contributed by atoms with Crippen LogP contribution in [-0.2, 0) is 22.3 Å². The number of carbonyl (C=O) groups excluding carboxylic acids is 1. The highest BCUT2D eigenvalue weighted by atomic mass is 19.4. The van der Waals surface area contributed by atoms with Gasteiger partial charge in [-0.15, -0.1) is 0 Å². The first kappa shape index (κ1) is 21.9. The smallest absolute Gasteiger partial charge is 0.378 e. The third-order valence-electron chi connectivity index (χ3n) is 5.28. The summed E-state index contributed by atoms with van der Waals surface area (Å²) in [6, 6.07) is 4.04. The molecule has 1 aromatic carbocycles. The quantitative estimate of drug-likeness (QED) is 0.667.